The number of nitrogens with zero attached hydrogens (tertiary/aromatic N) is 3. The number of nitrogens with one attached hydrogen (secondary N) is 1. The van der Waals surface area contributed by atoms with Crippen LogP contribution in [0.3, 0.4) is 0 Å². The van der Waals surface area contributed by atoms with Crippen LogP contribution in [-0.4, -0.2) is 22.9 Å². The molecule has 3 rings (SSSR count). The Hall–Kier alpha value is -3.21. The maximum absolute atomic E-state index is 12.9. The number of para-hydroxylation sites is 1. The zero-order valence-electron chi connectivity index (χ0n) is 16.4. The lowest BCUT2D eigenvalue weighted by Gasteiger charge is -2.18. The van der Waals surface area contributed by atoms with Gasteiger partial charge in [0.05, 0.1) is 0 Å². The molecule has 0 aliphatic heterocycles. The lowest BCUT2D eigenvalue weighted by molar-refractivity contribution is 0.0988. The molecule has 1 heterocycles. The Bertz CT molecular complexity index is 960. The molecular weight excluding hydrogens is 336 g/mol. The predicted molar refractivity (Wildman–Crippen MR) is 110 cm³/mol. The molecule has 0 saturated carbocycles. The number of amides is 1. The summed E-state index contributed by atoms with van der Waals surface area (Å²) in [7, 11) is 1.75. The third-order valence-electron chi connectivity index (χ3n) is 4.44. The van der Waals surface area contributed by atoms with Crippen molar-refractivity contribution in [2.45, 2.75) is 27.7 Å². The quantitative estimate of drug-likeness (QED) is 0.731. The van der Waals surface area contributed by atoms with Crippen molar-refractivity contribution >= 4 is 23.2 Å². The van der Waals surface area contributed by atoms with Crippen LogP contribution >= 0.6 is 0 Å². The molecule has 0 aliphatic carbocycles. The van der Waals surface area contributed by atoms with Crippen molar-refractivity contribution in [2.75, 3.05) is 17.3 Å². The van der Waals surface area contributed by atoms with Crippen LogP contribution in [0.5, 0.6) is 0 Å². The zero-order valence-corrected chi connectivity index (χ0v) is 16.4. The van der Waals surface area contributed by atoms with Crippen molar-refractivity contribution in [1.82, 2.24) is 9.97 Å². The molecule has 0 aliphatic rings. The summed E-state index contributed by atoms with van der Waals surface area (Å²) < 4.78 is 0. The summed E-state index contributed by atoms with van der Waals surface area (Å²) in [5, 5.41) is 3.29. The fourth-order valence-corrected chi connectivity index (χ4v) is 3.16. The van der Waals surface area contributed by atoms with Crippen LogP contribution in [0.25, 0.3) is 0 Å². The highest BCUT2D eigenvalue weighted by atomic mass is 16.2. The Labute approximate surface area is 160 Å². The second-order valence-corrected chi connectivity index (χ2v) is 6.82. The van der Waals surface area contributed by atoms with Gasteiger partial charge in [-0.15, -0.1) is 0 Å². The monoisotopic (exact) mass is 360 g/mol. The van der Waals surface area contributed by atoms with Crippen LogP contribution in [0, 0.1) is 27.7 Å². The molecule has 3 aromatic rings. The second kappa shape index (κ2) is 7.58. The summed E-state index contributed by atoms with van der Waals surface area (Å²) in [4.78, 5) is 23.4. The van der Waals surface area contributed by atoms with Crippen LogP contribution in [0.4, 0.5) is 17.3 Å². The summed E-state index contributed by atoms with van der Waals surface area (Å²) in [6, 6.07) is 15.4. The first-order chi connectivity index (χ1) is 12.8. The number of hydrogen-bond acceptors (Lipinski definition) is 4. The topological polar surface area (TPSA) is 58.1 Å². The minimum Gasteiger partial charge on any atom is -0.324 e. The second-order valence-electron chi connectivity index (χ2n) is 6.82. The van der Waals surface area contributed by atoms with Crippen LogP contribution in [0.2, 0.25) is 0 Å². The van der Waals surface area contributed by atoms with Gasteiger partial charge in [-0.05, 0) is 57.0 Å². The normalized spacial score (nSPS) is 10.6. The molecule has 5 nitrogen and oxygen atoms in total. The molecule has 0 saturated heterocycles. The Kier molecular flexibility index (Phi) is 5.21. The highest BCUT2D eigenvalue weighted by molar-refractivity contribution is 6.04. The van der Waals surface area contributed by atoms with Gasteiger partial charge >= 0.3 is 0 Å². The maximum atomic E-state index is 12.9. The van der Waals surface area contributed by atoms with Gasteiger partial charge in [-0.25, -0.2) is 9.97 Å². The number of anilines is 3. The van der Waals surface area contributed by atoms with Crippen LogP contribution in [0.1, 0.15) is 32.9 Å². The van der Waals surface area contributed by atoms with E-state index in [1.54, 1.807) is 18.0 Å². The van der Waals surface area contributed by atoms with Crippen LogP contribution < -0.4 is 10.2 Å². The van der Waals surface area contributed by atoms with E-state index in [1.165, 1.54) is 5.56 Å². The molecule has 0 bridgehead atoms. The molecule has 2 aromatic carbocycles. The first-order valence-electron chi connectivity index (χ1n) is 8.89. The van der Waals surface area contributed by atoms with E-state index in [0.717, 1.165) is 28.2 Å². The Balaban J connectivity index is 1.92. The average Bonchev–Trinajstić information content (AvgIpc) is 2.63. The van der Waals surface area contributed by atoms with Gasteiger partial charge in [0.2, 0.25) is 5.95 Å². The Morgan fingerprint density at radius 3 is 2.19 bits per heavy atom. The van der Waals surface area contributed by atoms with Gasteiger partial charge < -0.3 is 10.2 Å². The van der Waals surface area contributed by atoms with Crippen molar-refractivity contribution in [3.05, 3.63) is 76.6 Å². The molecule has 0 fully saturated rings. The molecule has 1 amide bonds. The summed E-state index contributed by atoms with van der Waals surface area (Å²) in [5.74, 6) is 0.252. The third-order valence-corrected chi connectivity index (χ3v) is 4.44. The molecule has 138 valence electrons. The van der Waals surface area contributed by atoms with Gasteiger partial charge in [0.25, 0.3) is 5.91 Å². The number of hydrogen-bond donors (Lipinski definition) is 1. The highest BCUT2D eigenvalue weighted by Crippen LogP contribution is 2.25. The first-order valence-corrected chi connectivity index (χ1v) is 8.89. The number of rotatable bonds is 4. The standard InChI is InChI=1S/C22H24N4O/c1-14-11-15(2)20(16(3)12-14)25-22-23-17(4)13-19(24-22)21(27)26(5)18-9-7-6-8-10-18/h6-13H,1-5H3,(H,23,24,25). The van der Waals surface area contributed by atoms with E-state index >= 15 is 0 Å². The molecule has 1 N–H and O–H groups in total. The molecule has 5 heteroatoms. The van der Waals surface area contributed by atoms with Crippen LogP contribution in [-0.2, 0) is 0 Å². The molecule has 0 atom stereocenters. The Morgan fingerprint density at radius 1 is 0.926 bits per heavy atom. The minimum absolute atomic E-state index is 0.174. The van der Waals surface area contributed by atoms with E-state index < -0.39 is 0 Å². The van der Waals surface area contributed by atoms with E-state index in [2.05, 4.69) is 34.3 Å². The lowest BCUT2D eigenvalue weighted by atomic mass is 10.1. The summed E-state index contributed by atoms with van der Waals surface area (Å²) >= 11 is 0. The van der Waals surface area contributed by atoms with Crippen molar-refractivity contribution in [3.63, 3.8) is 0 Å². The van der Waals surface area contributed by atoms with E-state index in [0.29, 0.717) is 11.6 Å². The van der Waals surface area contributed by atoms with E-state index in [9.17, 15) is 4.79 Å². The van der Waals surface area contributed by atoms with Crippen molar-refractivity contribution in [3.8, 4) is 0 Å². The van der Waals surface area contributed by atoms with Gasteiger partial charge in [-0.3, -0.25) is 4.79 Å². The number of carbonyl (C=O) groups excluding carboxylic acids is 1. The van der Waals surface area contributed by atoms with Gasteiger partial charge in [0, 0.05) is 24.1 Å². The smallest absolute Gasteiger partial charge is 0.276 e. The summed E-state index contributed by atoms with van der Waals surface area (Å²) in [6.45, 7) is 8.03. The number of aryl methyl sites for hydroxylation is 4. The fraction of sp³-hybridized carbons (Fsp3) is 0.227. The maximum Gasteiger partial charge on any atom is 0.276 e. The minimum atomic E-state index is -0.174. The first kappa shape index (κ1) is 18.6. The highest BCUT2D eigenvalue weighted by Gasteiger charge is 2.17. The molecular formula is C22H24N4O. The summed E-state index contributed by atoms with van der Waals surface area (Å²) in [5.41, 5.74) is 6.33. The number of benzene rings is 2. The van der Waals surface area contributed by atoms with E-state index in [1.807, 2.05) is 51.1 Å². The van der Waals surface area contributed by atoms with Crippen LogP contribution in [0.15, 0.2) is 48.5 Å². The van der Waals surface area contributed by atoms with Crippen molar-refractivity contribution in [1.29, 1.82) is 0 Å². The third kappa shape index (κ3) is 4.14. The van der Waals surface area contributed by atoms with Gasteiger partial charge in [0.1, 0.15) is 5.69 Å². The molecule has 0 spiro atoms. The largest absolute Gasteiger partial charge is 0.324 e. The SMILES string of the molecule is Cc1cc(C)c(Nc2nc(C)cc(C(=O)N(C)c3ccccc3)n2)c(C)c1. The van der Waals surface area contributed by atoms with E-state index in [4.69, 9.17) is 0 Å². The molecule has 0 unspecified atom stereocenters. The number of carbonyl (C=O) groups is 1. The van der Waals surface area contributed by atoms with E-state index in [-0.39, 0.29) is 5.91 Å². The molecule has 0 radical (unpaired) electrons. The molecule has 27 heavy (non-hydrogen) atoms. The summed E-state index contributed by atoms with van der Waals surface area (Å²) in [6.07, 6.45) is 0. The zero-order chi connectivity index (χ0) is 19.6. The van der Waals surface area contributed by atoms with Crippen molar-refractivity contribution < 1.29 is 4.79 Å². The molecule has 1 aromatic heterocycles. The number of aromatic nitrogens is 2. The average molecular weight is 360 g/mol. The van der Waals surface area contributed by atoms with Gasteiger partial charge in [0.15, 0.2) is 0 Å². The Morgan fingerprint density at radius 2 is 1.56 bits per heavy atom. The van der Waals surface area contributed by atoms with Gasteiger partial charge in [-0.2, -0.15) is 0 Å². The van der Waals surface area contributed by atoms with Gasteiger partial charge in [-0.1, -0.05) is 35.9 Å². The van der Waals surface area contributed by atoms with Crippen molar-refractivity contribution in [2.24, 2.45) is 0 Å². The fourth-order valence-electron chi connectivity index (χ4n) is 3.16. The predicted octanol–water partition coefficient (Wildman–Crippen LogP) is 4.73. The lowest BCUT2D eigenvalue weighted by Crippen LogP contribution is -2.27.